The Balaban J connectivity index is 1.57. The fourth-order valence-electron chi connectivity index (χ4n) is 2.43. The quantitative estimate of drug-likeness (QED) is 0.870. The number of nitrogens with zero attached hydrogens (tertiary/aromatic N) is 2. The van der Waals surface area contributed by atoms with E-state index in [1.54, 1.807) is 18.2 Å². The van der Waals surface area contributed by atoms with Crippen LogP contribution in [0.1, 0.15) is 23.4 Å². The van der Waals surface area contributed by atoms with Crippen molar-refractivity contribution in [3.63, 3.8) is 0 Å². The molecule has 0 atom stereocenters. The van der Waals surface area contributed by atoms with Crippen molar-refractivity contribution in [1.82, 2.24) is 15.5 Å². The Bertz CT molecular complexity index is 663. The van der Waals surface area contributed by atoms with Crippen molar-refractivity contribution in [2.24, 2.45) is 0 Å². The van der Waals surface area contributed by atoms with E-state index in [4.69, 9.17) is 21.0 Å². The van der Waals surface area contributed by atoms with E-state index < -0.39 is 5.91 Å². The molecule has 0 saturated carbocycles. The Morgan fingerprint density at radius 2 is 2.04 bits per heavy atom. The van der Waals surface area contributed by atoms with Crippen molar-refractivity contribution < 1.29 is 14.2 Å². The molecule has 23 heavy (non-hydrogen) atoms. The van der Waals surface area contributed by atoms with Crippen LogP contribution in [0.15, 0.2) is 34.9 Å². The second-order valence-electron chi connectivity index (χ2n) is 5.63. The van der Waals surface area contributed by atoms with Crippen molar-refractivity contribution in [3.05, 3.63) is 41.1 Å². The maximum absolute atomic E-state index is 12.0. The predicted octanol–water partition coefficient (Wildman–Crippen LogP) is 2.75. The van der Waals surface area contributed by atoms with Crippen LogP contribution < -0.4 is 5.48 Å². The molecule has 0 spiro atoms. The molecule has 1 aromatic heterocycles. The molecular formula is C16H18ClN3O3. The van der Waals surface area contributed by atoms with Gasteiger partial charge in [-0.2, -0.15) is 0 Å². The van der Waals surface area contributed by atoms with Crippen molar-refractivity contribution in [2.75, 3.05) is 20.1 Å². The van der Waals surface area contributed by atoms with Crippen LogP contribution in [-0.4, -0.2) is 42.2 Å². The minimum atomic E-state index is -0.434. The summed E-state index contributed by atoms with van der Waals surface area (Å²) in [5.41, 5.74) is 3.85. The standard InChI is InChI=1S/C16H18ClN3O3/c1-20-8-6-13(7-9-20)22-19-16(21)15-10-14(18-23-15)11-2-4-12(17)5-3-11/h2-5,10,13H,6-9H2,1H3,(H,19,21). The van der Waals surface area contributed by atoms with Gasteiger partial charge in [0.25, 0.3) is 0 Å². The zero-order valence-corrected chi connectivity index (χ0v) is 13.5. The smallest absolute Gasteiger partial charge is 0.313 e. The van der Waals surface area contributed by atoms with Crippen LogP contribution >= 0.6 is 11.6 Å². The highest BCUT2D eigenvalue weighted by molar-refractivity contribution is 6.30. The van der Waals surface area contributed by atoms with Crippen LogP contribution in [0, 0.1) is 0 Å². The van der Waals surface area contributed by atoms with Gasteiger partial charge in [0.05, 0.1) is 6.10 Å². The summed E-state index contributed by atoms with van der Waals surface area (Å²) in [6.07, 6.45) is 1.82. The van der Waals surface area contributed by atoms with Gasteiger partial charge in [0.1, 0.15) is 5.69 Å². The lowest BCUT2D eigenvalue weighted by molar-refractivity contribution is -0.0412. The fourth-order valence-corrected chi connectivity index (χ4v) is 2.55. The molecule has 1 aliphatic rings. The highest BCUT2D eigenvalue weighted by Gasteiger charge is 2.20. The van der Waals surface area contributed by atoms with Crippen LogP contribution in [0.5, 0.6) is 0 Å². The van der Waals surface area contributed by atoms with Gasteiger partial charge in [0.15, 0.2) is 0 Å². The van der Waals surface area contributed by atoms with E-state index in [1.807, 2.05) is 12.1 Å². The molecule has 0 aliphatic carbocycles. The van der Waals surface area contributed by atoms with Gasteiger partial charge in [0.2, 0.25) is 5.76 Å². The lowest BCUT2D eigenvalue weighted by Crippen LogP contribution is -2.38. The van der Waals surface area contributed by atoms with Gasteiger partial charge in [-0.1, -0.05) is 28.9 Å². The Morgan fingerprint density at radius 3 is 2.74 bits per heavy atom. The minimum absolute atomic E-state index is 0.0359. The van der Waals surface area contributed by atoms with Crippen LogP contribution in [0.2, 0.25) is 5.02 Å². The summed E-state index contributed by atoms with van der Waals surface area (Å²) >= 11 is 5.85. The maximum atomic E-state index is 12.0. The van der Waals surface area contributed by atoms with Gasteiger partial charge < -0.3 is 9.42 Å². The summed E-state index contributed by atoms with van der Waals surface area (Å²) in [6.45, 7) is 1.92. The second kappa shape index (κ2) is 7.12. The first-order valence-corrected chi connectivity index (χ1v) is 7.87. The number of hydrogen-bond acceptors (Lipinski definition) is 5. The van der Waals surface area contributed by atoms with Gasteiger partial charge in [0, 0.05) is 29.7 Å². The molecule has 1 fully saturated rings. The number of carbonyl (C=O) groups excluding carboxylic acids is 1. The number of amides is 1. The van der Waals surface area contributed by atoms with E-state index >= 15 is 0 Å². The molecule has 3 rings (SSSR count). The number of piperidine rings is 1. The zero-order valence-electron chi connectivity index (χ0n) is 12.8. The fraction of sp³-hybridized carbons (Fsp3) is 0.375. The van der Waals surface area contributed by atoms with Crippen LogP contribution in [-0.2, 0) is 4.84 Å². The molecule has 1 N–H and O–H groups in total. The number of nitrogens with one attached hydrogen (secondary N) is 1. The van der Waals surface area contributed by atoms with Crippen LogP contribution in [0.3, 0.4) is 0 Å². The lowest BCUT2D eigenvalue weighted by atomic mass is 10.1. The largest absolute Gasteiger partial charge is 0.350 e. The van der Waals surface area contributed by atoms with Crippen LogP contribution in [0.25, 0.3) is 11.3 Å². The van der Waals surface area contributed by atoms with Crippen molar-refractivity contribution in [1.29, 1.82) is 0 Å². The Kier molecular flexibility index (Phi) is 4.95. The van der Waals surface area contributed by atoms with E-state index in [1.165, 1.54) is 0 Å². The van der Waals surface area contributed by atoms with Crippen molar-refractivity contribution in [2.45, 2.75) is 18.9 Å². The summed E-state index contributed by atoms with van der Waals surface area (Å²) in [5.74, 6) is -0.320. The van der Waals surface area contributed by atoms with Gasteiger partial charge >= 0.3 is 5.91 Å². The Hall–Kier alpha value is -1.89. The van der Waals surface area contributed by atoms with E-state index in [0.29, 0.717) is 10.7 Å². The molecule has 0 bridgehead atoms. The van der Waals surface area contributed by atoms with Crippen LogP contribution in [0.4, 0.5) is 0 Å². The summed E-state index contributed by atoms with van der Waals surface area (Å²) < 4.78 is 5.08. The van der Waals surface area contributed by atoms with Crippen molar-refractivity contribution >= 4 is 17.5 Å². The zero-order chi connectivity index (χ0) is 16.2. The van der Waals surface area contributed by atoms with Gasteiger partial charge in [-0.05, 0) is 32.0 Å². The number of rotatable bonds is 4. The third kappa shape index (κ3) is 4.10. The summed E-state index contributed by atoms with van der Waals surface area (Å²) in [4.78, 5) is 19.7. The van der Waals surface area contributed by atoms with Gasteiger partial charge in [-0.3, -0.25) is 9.63 Å². The average Bonchev–Trinajstić information content (AvgIpc) is 3.05. The minimum Gasteiger partial charge on any atom is -0.350 e. The summed E-state index contributed by atoms with van der Waals surface area (Å²) in [6, 6.07) is 8.73. The Labute approximate surface area is 139 Å². The van der Waals surface area contributed by atoms with Gasteiger partial charge in [-0.25, -0.2) is 5.48 Å². The van der Waals surface area contributed by atoms with Gasteiger partial charge in [-0.15, -0.1) is 0 Å². The summed E-state index contributed by atoms with van der Waals surface area (Å²) in [7, 11) is 2.07. The molecule has 0 radical (unpaired) electrons. The Morgan fingerprint density at radius 1 is 1.35 bits per heavy atom. The SMILES string of the molecule is CN1CCC(ONC(=O)c2cc(-c3ccc(Cl)cc3)no2)CC1. The number of benzene rings is 1. The predicted molar refractivity (Wildman–Crippen MR) is 86.0 cm³/mol. The van der Waals surface area contributed by atoms with Crippen molar-refractivity contribution in [3.8, 4) is 11.3 Å². The molecule has 1 aliphatic heterocycles. The molecule has 1 amide bonds. The number of aromatic nitrogens is 1. The average molecular weight is 336 g/mol. The third-order valence-corrected chi connectivity index (χ3v) is 4.11. The molecule has 6 nitrogen and oxygen atoms in total. The van der Waals surface area contributed by atoms with E-state index in [9.17, 15) is 4.79 Å². The third-order valence-electron chi connectivity index (χ3n) is 3.86. The molecule has 2 heterocycles. The van der Waals surface area contributed by atoms with E-state index in [-0.39, 0.29) is 11.9 Å². The highest BCUT2D eigenvalue weighted by atomic mass is 35.5. The first-order valence-electron chi connectivity index (χ1n) is 7.49. The monoisotopic (exact) mass is 335 g/mol. The number of halogens is 1. The van der Waals surface area contributed by atoms with E-state index in [0.717, 1.165) is 31.5 Å². The number of hydrogen-bond donors (Lipinski definition) is 1. The molecule has 2 aromatic rings. The normalized spacial score (nSPS) is 16.4. The van der Waals surface area contributed by atoms with E-state index in [2.05, 4.69) is 22.6 Å². The molecule has 122 valence electrons. The number of likely N-dealkylation sites (tertiary alicyclic amines) is 1. The lowest BCUT2D eigenvalue weighted by Gasteiger charge is -2.28. The first kappa shape index (κ1) is 16.0. The maximum Gasteiger partial charge on any atom is 0.313 e. The molecule has 1 aromatic carbocycles. The number of carbonyl (C=O) groups is 1. The second-order valence-corrected chi connectivity index (χ2v) is 6.07. The topological polar surface area (TPSA) is 67.6 Å². The molecule has 7 heteroatoms. The first-order chi connectivity index (χ1) is 11.1. The summed E-state index contributed by atoms with van der Waals surface area (Å²) in [5, 5.41) is 4.54. The number of hydroxylamine groups is 1. The highest BCUT2D eigenvalue weighted by Crippen LogP contribution is 2.21. The molecule has 1 saturated heterocycles. The molecular weight excluding hydrogens is 318 g/mol. The molecule has 0 unspecified atom stereocenters.